The molecule has 0 heterocycles. The molecular weight excluding hydrogens is 270 g/mol. The van der Waals surface area contributed by atoms with Crippen LogP contribution in [0.2, 0.25) is 0 Å². The van der Waals surface area contributed by atoms with Crippen LogP contribution in [-0.4, -0.2) is 29.6 Å². The molecule has 0 saturated heterocycles. The van der Waals surface area contributed by atoms with E-state index >= 15 is 0 Å². The first-order chi connectivity index (χ1) is 9.47. The van der Waals surface area contributed by atoms with Gasteiger partial charge in [0.25, 0.3) is 0 Å². The van der Waals surface area contributed by atoms with Crippen LogP contribution < -0.4 is 10.6 Å². The number of aliphatic carboxylic acids is 1. The number of carbonyl (C=O) groups is 2. The van der Waals surface area contributed by atoms with Crippen LogP contribution in [0.1, 0.15) is 12.8 Å². The Morgan fingerprint density at radius 1 is 1.35 bits per heavy atom. The molecule has 7 heteroatoms. The van der Waals surface area contributed by atoms with Crippen molar-refractivity contribution in [3.05, 3.63) is 29.8 Å². The molecular formula is C13H14F2N2O3. The molecule has 1 atom stereocenters. The number of carboxylic acid groups (broad SMARTS) is 1. The van der Waals surface area contributed by atoms with Crippen molar-refractivity contribution >= 4 is 17.6 Å². The molecule has 0 spiro atoms. The number of rotatable bonds is 6. The van der Waals surface area contributed by atoms with Crippen molar-refractivity contribution < 1.29 is 23.5 Å². The summed E-state index contributed by atoms with van der Waals surface area (Å²) in [6, 6.07) is 1.93. The minimum absolute atomic E-state index is 0.0335. The first-order valence-corrected chi connectivity index (χ1v) is 6.18. The standard InChI is InChI=1S/C13H14F2N2O3/c14-8-3-4-9(15)10(5-8)17-11(18)6-16-12(13(19)20)7-1-2-7/h3-5,7,12,16H,1-2,6H2,(H,17,18)(H,19,20). The number of carboxylic acids is 1. The van der Waals surface area contributed by atoms with Gasteiger partial charge < -0.3 is 10.4 Å². The molecule has 0 aromatic heterocycles. The molecule has 20 heavy (non-hydrogen) atoms. The topological polar surface area (TPSA) is 78.4 Å². The van der Waals surface area contributed by atoms with Gasteiger partial charge >= 0.3 is 5.97 Å². The normalized spacial score (nSPS) is 15.7. The van der Waals surface area contributed by atoms with Gasteiger partial charge in [-0.2, -0.15) is 0 Å². The Balaban J connectivity index is 1.88. The summed E-state index contributed by atoms with van der Waals surface area (Å²) in [5, 5.41) is 13.8. The van der Waals surface area contributed by atoms with Gasteiger partial charge in [-0.05, 0) is 30.9 Å². The number of carbonyl (C=O) groups excluding carboxylic acids is 1. The Morgan fingerprint density at radius 2 is 2.05 bits per heavy atom. The van der Waals surface area contributed by atoms with Crippen molar-refractivity contribution in [1.29, 1.82) is 0 Å². The summed E-state index contributed by atoms with van der Waals surface area (Å²) in [6.45, 7) is -0.274. The molecule has 1 amide bonds. The fraction of sp³-hybridized carbons (Fsp3) is 0.385. The second-order valence-corrected chi connectivity index (χ2v) is 4.71. The van der Waals surface area contributed by atoms with Gasteiger partial charge in [-0.3, -0.25) is 14.9 Å². The highest BCUT2D eigenvalue weighted by Gasteiger charge is 2.36. The number of anilines is 1. The maximum absolute atomic E-state index is 13.3. The van der Waals surface area contributed by atoms with Crippen molar-refractivity contribution in [3.8, 4) is 0 Å². The molecule has 5 nitrogen and oxygen atoms in total. The number of amides is 1. The van der Waals surface area contributed by atoms with E-state index in [-0.39, 0.29) is 18.2 Å². The van der Waals surface area contributed by atoms with Gasteiger partial charge in [-0.15, -0.1) is 0 Å². The van der Waals surface area contributed by atoms with Crippen LogP contribution in [0.3, 0.4) is 0 Å². The van der Waals surface area contributed by atoms with Gasteiger partial charge in [0.1, 0.15) is 17.7 Å². The maximum atomic E-state index is 13.3. The van der Waals surface area contributed by atoms with Crippen LogP contribution in [0.4, 0.5) is 14.5 Å². The monoisotopic (exact) mass is 284 g/mol. The average molecular weight is 284 g/mol. The van der Waals surface area contributed by atoms with Crippen molar-refractivity contribution in [1.82, 2.24) is 5.32 Å². The third-order valence-electron chi connectivity index (χ3n) is 3.04. The minimum Gasteiger partial charge on any atom is -0.480 e. The van der Waals surface area contributed by atoms with Crippen LogP contribution in [-0.2, 0) is 9.59 Å². The summed E-state index contributed by atoms with van der Waals surface area (Å²) in [5.74, 6) is -3.03. The molecule has 1 saturated carbocycles. The first kappa shape index (κ1) is 14.4. The van der Waals surface area contributed by atoms with E-state index in [1.807, 2.05) is 0 Å². The first-order valence-electron chi connectivity index (χ1n) is 6.18. The number of benzene rings is 1. The van der Waals surface area contributed by atoms with E-state index in [9.17, 15) is 18.4 Å². The lowest BCUT2D eigenvalue weighted by Gasteiger charge is -2.13. The van der Waals surface area contributed by atoms with E-state index in [0.717, 1.165) is 31.0 Å². The molecule has 1 fully saturated rings. The smallest absolute Gasteiger partial charge is 0.320 e. The van der Waals surface area contributed by atoms with Gasteiger partial charge in [0.15, 0.2) is 0 Å². The van der Waals surface area contributed by atoms with E-state index < -0.39 is 29.6 Å². The van der Waals surface area contributed by atoms with Gasteiger partial charge in [-0.25, -0.2) is 8.78 Å². The fourth-order valence-electron chi connectivity index (χ4n) is 1.88. The minimum atomic E-state index is -1.02. The number of hydrogen-bond donors (Lipinski definition) is 3. The largest absolute Gasteiger partial charge is 0.480 e. The summed E-state index contributed by atoms with van der Waals surface area (Å²) in [5.41, 5.74) is -0.268. The lowest BCUT2D eigenvalue weighted by Crippen LogP contribution is -2.42. The molecule has 108 valence electrons. The predicted molar refractivity (Wildman–Crippen MR) is 67.1 cm³/mol. The average Bonchev–Trinajstić information content (AvgIpc) is 3.18. The molecule has 0 bridgehead atoms. The second kappa shape index (κ2) is 5.96. The summed E-state index contributed by atoms with van der Waals surface area (Å²) in [4.78, 5) is 22.5. The lowest BCUT2D eigenvalue weighted by atomic mass is 10.2. The van der Waals surface area contributed by atoms with Gasteiger partial charge in [0.2, 0.25) is 5.91 Å². The van der Waals surface area contributed by atoms with Crippen molar-refractivity contribution in [2.75, 3.05) is 11.9 Å². The van der Waals surface area contributed by atoms with E-state index in [0.29, 0.717) is 0 Å². The highest BCUT2D eigenvalue weighted by atomic mass is 19.1. The summed E-state index contributed by atoms with van der Waals surface area (Å²) >= 11 is 0. The molecule has 1 aromatic carbocycles. The summed E-state index contributed by atoms with van der Waals surface area (Å²) < 4.78 is 26.2. The molecule has 3 N–H and O–H groups in total. The van der Waals surface area contributed by atoms with Gasteiger partial charge in [0, 0.05) is 6.07 Å². The van der Waals surface area contributed by atoms with E-state index in [1.165, 1.54) is 0 Å². The highest BCUT2D eigenvalue weighted by molar-refractivity contribution is 5.92. The third kappa shape index (κ3) is 3.74. The molecule has 1 unspecified atom stereocenters. The van der Waals surface area contributed by atoms with E-state index in [1.54, 1.807) is 0 Å². The fourth-order valence-corrected chi connectivity index (χ4v) is 1.88. The van der Waals surface area contributed by atoms with Crippen molar-refractivity contribution in [2.45, 2.75) is 18.9 Å². The Labute approximate surface area is 114 Å². The zero-order chi connectivity index (χ0) is 14.7. The van der Waals surface area contributed by atoms with E-state index in [4.69, 9.17) is 5.11 Å². The zero-order valence-electron chi connectivity index (χ0n) is 10.5. The van der Waals surface area contributed by atoms with Crippen molar-refractivity contribution in [2.24, 2.45) is 5.92 Å². The third-order valence-corrected chi connectivity index (χ3v) is 3.04. The quantitative estimate of drug-likeness (QED) is 0.737. The van der Waals surface area contributed by atoms with E-state index in [2.05, 4.69) is 10.6 Å². The Hall–Kier alpha value is -2.02. The highest BCUT2D eigenvalue weighted by Crippen LogP contribution is 2.32. The predicted octanol–water partition coefficient (Wildman–Crippen LogP) is 1.36. The number of hydrogen-bond acceptors (Lipinski definition) is 3. The number of nitrogens with one attached hydrogen (secondary N) is 2. The molecule has 2 rings (SSSR count). The van der Waals surface area contributed by atoms with Crippen LogP contribution in [0, 0.1) is 17.6 Å². The van der Waals surface area contributed by atoms with Crippen LogP contribution in [0.5, 0.6) is 0 Å². The Morgan fingerprint density at radius 3 is 2.65 bits per heavy atom. The summed E-state index contributed by atoms with van der Waals surface area (Å²) in [7, 11) is 0. The lowest BCUT2D eigenvalue weighted by molar-refractivity contribution is -0.140. The SMILES string of the molecule is O=C(CNC(C(=O)O)C1CC1)Nc1cc(F)ccc1F. The van der Waals surface area contributed by atoms with Gasteiger partial charge in [-0.1, -0.05) is 0 Å². The van der Waals surface area contributed by atoms with Crippen molar-refractivity contribution in [3.63, 3.8) is 0 Å². The number of halogens is 2. The molecule has 0 aliphatic heterocycles. The second-order valence-electron chi connectivity index (χ2n) is 4.71. The Kier molecular flexibility index (Phi) is 4.29. The summed E-state index contributed by atoms with van der Waals surface area (Å²) in [6.07, 6.45) is 1.62. The molecule has 1 aliphatic rings. The van der Waals surface area contributed by atoms with Crippen LogP contribution in [0.25, 0.3) is 0 Å². The molecule has 1 aliphatic carbocycles. The molecule has 0 radical (unpaired) electrons. The van der Waals surface area contributed by atoms with Crippen LogP contribution >= 0.6 is 0 Å². The zero-order valence-corrected chi connectivity index (χ0v) is 10.5. The molecule has 1 aromatic rings. The van der Waals surface area contributed by atoms with Gasteiger partial charge in [0.05, 0.1) is 12.2 Å². The maximum Gasteiger partial charge on any atom is 0.320 e. The Bertz CT molecular complexity index is 532. The van der Waals surface area contributed by atoms with Crippen LogP contribution in [0.15, 0.2) is 18.2 Å².